The lowest BCUT2D eigenvalue weighted by Gasteiger charge is -2.11. The minimum Gasteiger partial charge on any atom is -0.478 e. The van der Waals surface area contributed by atoms with E-state index >= 15 is 0 Å². The highest BCUT2D eigenvalue weighted by atomic mass is 35.5. The number of hydrogen-bond donors (Lipinski definition) is 1. The van der Waals surface area contributed by atoms with Gasteiger partial charge in [0.05, 0.1) is 0 Å². The van der Waals surface area contributed by atoms with Crippen molar-refractivity contribution in [3.63, 3.8) is 0 Å². The molecule has 0 saturated heterocycles. The number of carboxylic acid groups (broad SMARTS) is 1. The number of aliphatic carboxylic acids is 1. The molecule has 6 heteroatoms. The van der Waals surface area contributed by atoms with E-state index in [9.17, 15) is 9.90 Å². The molecule has 0 aliphatic carbocycles. The van der Waals surface area contributed by atoms with E-state index in [1.807, 2.05) is 78.9 Å². The number of rotatable bonds is 9. The van der Waals surface area contributed by atoms with E-state index in [-0.39, 0.29) is 6.15 Å². The molecule has 0 heterocycles. The largest absolute Gasteiger partial charge is 0.478 e. The third-order valence-electron chi connectivity index (χ3n) is 7.83. The Morgan fingerprint density at radius 3 is 1.52 bits per heavy atom. The van der Waals surface area contributed by atoms with Crippen LogP contribution in [0.25, 0.3) is 32.7 Å². The first-order valence-corrected chi connectivity index (χ1v) is 16.1. The Bertz CT molecular complexity index is 2050. The van der Waals surface area contributed by atoms with Gasteiger partial charge in [-0.25, -0.2) is 4.79 Å². The van der Waals surface area contributed by atoms with Gasteiger partial charge in [-0.3, -0.25) is 0 Å². The van der Waals surface area contributed by atoms with Crippen LogP contribution in [0.3, 0.4) is 0 Å². The highest BCUT2D eigenvalue weighted by Crippen LogP contribution is 2.29. The smallest absolute Gasteiger partial charge is 0.373 e. The quantitative estimate of drug-likeness (QED) is 0.155. The van der Waals surface area contributed by atoms with Crippen LogP contribution in [-0.2, 0) is 27.2 Å². The molecule has 0 bridgehead atoms. The summed E-state index contributed by atoms with van der Waals surface area (Å²) in [5.41, 5.74) is 6.67. The van der Waals surface area contributed by atoms with Crippen LogP contribution in [0.2, 0.25) is 10.0 Å². The zero-order valence-corrected chi connectivity index (χ0v) is 27.8. The van der Waals surface area contributed by atoms with Gasteiger partial charge in [-0.2, -0.15) is 9.59 Å². The topological polar surface area (TPSA) is 71.4 Å². The van der Waals surface area contributed by atoms with Gasteiger partial charge < -0.3 is 5.11 Å². The Kier molecular flexibility index (Phi) is 13.5. The molecule has 6 aromatic carbocycles. The molecule has 240 valence electrons. The van der Waals surface area contributed by atoms with Crippen LogP contribution in [0.15, 0.2) is 146 Å². The molecule has 0 atom stereocenters. The van der Waals surface area contributed by atoms with Gasteiger partial charge in [0.2, 0.25) is 0 Å². The summed E-state index contributed by atoms with van der Waals surface area (Å²) in [7, 11) is 0. The van der Waals surface area contributed by atoms with Gasteiger partial charge in [-0.1, -0.05) is 139 Å². The number of fused-ring (bicyclic) bond motifs is 2. The van der Waals surface area contributed by atoms with Crippen molar-refractivity contribution in [2.45, 2.75) is 25.7 Å². The van der Waals surface area contributed by atoms with E-state index in [0.29, 0.717) is 11.4 Å². The lowest BCUT2D eigenvalue weighted by molar-refractivity contribution is -0.191. The molecular weight excluding hydrogens is 639 g/mol. The third-order valence-corrected chi connectivity index (χ3v) is 8.33. The maximum atomic E-state index is 11.3. The monoisotopic (exact) mass is 672 g/mol. The van der Waals surface area contributed by atoms with Crippen molar-refractivity contribution in [3.8, 4) is 0 Å². The molecule has 0 fully saturated rings. The van der Waals surface area contributed by atoms with Gasteiger partial charge in [0.1, 0.15) is 0 Å². The Morgan fingerprint density at radius 1 is 0.604 bits per heavy atom. The number of allylic oxidation sites excluding steroid dienone is 2. The van der Waals surface area contributed by atoms with E-state index in [2.05, 4.69) is 61.2 Å². The molecule has 0 amide bonds. The molecule has 0 radical (unpaired) electrons. The predicted octanol–water partition coefficient (Wildman–Crippen LogP) is 11.1. The number of aryl methyl sites for hydroxylation is 2. The third kappa shape index (κ3) is 10.4. The molecule has 0 aliphatic rings. The van der Waals surface area contributed by atoms with Gasteiger partial charge in [-0.05, 0) is 105 Å². The first kappa shape index (κ1) is 35.6. The number of benzene rings is 6. The lowest BCUT2D eigenvalue weighted by Crippen LogP contribution is -1.96. The molecule has 0 saturated carbocycles. The molecular formula is C42H34Cl2O4. The van der Waals surface area contributed by atoms with Crippen LogP contribution >= 0.6 is 23.2 Å². The van der Waals surface area contributed by atoms with E-state index in [4.69, 9.17) is 32.8 Å². The molecule has 6 aromatic rings. The zero-order chi connectivity index (χ0) is 34.3. The fourth-order valence-corrected chi connectivity index (χ4v) is 5.74. The summed E-state index contributed by atoms with van der Waals surface area (Å²) < 4.78 is 0. The first-order chi connectivity index (χ1) is 23.3. The standard InChI is InChI=1S/C21H17ClO2.C20H17Cl.CO2/c22-18-12-9-15(10-13-18)8-11-17(14-21(23)24)20-7-3-5-16-4-1-2-6-19(16)20;1-15(9-10-16-11-13-18(21)14-12-16)19-8-4-6-17-5-2-3-7-20(17)19;2-1-3/h1-7,9-10,12-14H,8,11H2,(H,23,24);2-8,11-14H,1,9-10H2;/b17-14-;;. The second kappa shape index (κ2) is 18.2. The van der Waals surface area contributed by atoms with Gasteiger partial charge in [-0.15, -0.1) is 0 Å². The minimum atomic E-state index is -0.922. The molecule has 0 aromatic heterocycles. The van der Waals surface area contributed by atoms with Gasteiger partial charge >= 0.3 is 12.1 Å². The highest BCUT2D eigenvalue weighted by molar-refractivity contribution is 6.30. The number of carboxylic acids is 1. The van der Waals surface area contributed by atoms with Gasteiger partial charge in [0.25, 0.3) is 0 Å². The number of hydrogen-bond acceptors (Lipinski definition) is 3. The van der Waals surface area contributed by atoms with Crippen LogP contribution in [0.1, 0.15) is 35.1 Å². The molecule has 0 unspecified atom stereocenters. The van der Waals surface area contributed by atoms with Crippen molar-refractivity contribution in [2.24, 2.45) is 0 Å². The molecule has 0 aliphatic heterocycles. The normalized spacial score (nSPS) is 10.7. The molecule has 6 rings (SSSR count). The maximum absolute atomic E-state index is 11.3. The fraction of sp³-hybridized carbons (Fsp3) is 0.0952. The number of carbonyl (C=O) groups is 1. The Balaban J connectivity index is 0.000000202. The summed E-state index contributed by atoms with van der Waals surface area (Å²) in [4.78, 5) is 27.5. The highest BCUT2D eigenvalue weighted by Gasteiger charge is 2.09. The second-order valence-corrected chi connectivity index (χ2v) is 11.9. The van der Waals surface area contributed by atoms with Crippen LogP contribution < -0.4 is 0 Å². The summed E-state index contributed by atoms with van der Waals surface area (Å²) in [5.74, 6) is -0.922. The van der Waals surface area contributed by atoms with Crippen LogP contribution in [0, 0.1) is 0 Å². The van der Waals surface area contributed by atoms with Crippen LogP contribution in [-0.4, -0.2) is 17.2 Å². The van der Waals surface area contributed by atoms with E-state index in [1.165, 1.54) is 33.5 Å². The number of halogens is 2. The summed E-state index contributed by atoms with van der Waals surface area (Å²) >= 11 is 11.8. The average Bonchev–Trinajstić information content (AvgIpc) is 3.10. The minimum absolute atomic E-state index is 0.250. The number of carbonyl (C=O) groups excluding carboxylic acids is 2. The van der Waals surface area contributed by atoms with Gasteiger partial charge in [0.15, 0.2) is 0 Å². The van der Waals surface area contributed by atoms with Crippen LogP contribution in [0.4, 0.5) is 0 Å². The van der Waals surface area contributed by atoms with E-state index < -0.39 is 5.97 Å². The zero-order valence-electron chi connectivity index (χ0n) is 26.2. The Morgan fingerprint density at radius 2 is 1.02 bits per heavy atom. The van der Waals surface area contributed by atoms with Crippen molar-refractivity contribution >= 4 is 68.0 Å². The summed E-state index contributed by atoms with van der Waals surface area (Å²) in [5, 5.41) is 15.5. The van der Waals surface area contributed by atoms with Crippen molar-refractivity contribution < 1.29 is 19.5 Å². The average molecular weight is 674 g/mol. The molecule has 48 heavy (non-hydrogen) atoms. The maximum Gasteiger partial charge on any atom is 0.373 e. The van der Waals surface area contributed by atoms with Gasteiger partial charge in [0, 0.05) is 16.1 Å². The second-order valence-electron chi connectivity index (χ2n) is 11.0. The summed E-state index contributed by atoms with van der Waals surface area (Å²) in [6, 6.07) is 44.6. The Labute approximate surface area is 290 Å². The summed E-state index contributed by atoms with van der Waals surface area (Å²) in [6.45, 7) is 4.28. The Hall–Kier alpha value is -5.25. The molecule has 1 N–H and O–H groups in total. The lowest BCUT2D eigenvalue weighted by atomic mass is 9.93. The van der Waals surface area contributed by atoms with Crippen molar-refractivity contribution in [1.82, 2.24) is 0 Å². The van der Waals surface area contributed by atoms with E-state index in [1.54, 1.807) is 0 Å². The first-order valence-electron chi connectivity index (χ1n) is 15.3. The predicted molar refractivity (Wildman–Crippen MR) is 197 cm³/mol. The molecule has 4 nitrogen and oxygen atoms in total. The van der Waals surface area contributed by atoms with Crippen molar-refractivity contribution in [3.05, 3.63) is 178 Å². The van der Waals surface area contributed by atoms with Crippen molar-refractivity contribution in [1.29, 1.82) is 0 Å². The van der Waals surface area contributed by atoms with Crippen molar-refractivity contribution in [2.75, 3.05) is 0 Å². The molecule has 0 spiro atoms. The fourth-order valence-electron chi connectivity index (χ4n) is 5.48. The van der Waals surface area contributed by atoms with Crippen LogP contribution in [0.5, 0.6) is 0 Å². The summed E-state index contributed by atoms with van der Waals surface area (Å²) in [6.07, 6.45) is 4.92. The SMILES string of the molecule is C=C(CCc1ccc(Cl)cc1)c1cccc2ccccc12.O=C(O)/C=C(/CCc1ccc(Cl)cc1)c1cccc2ccccc12.O=C=O. The van der Waals surface area contributed by atoms with E-state index in [0.717, 1.165) is 51.8 Å².